The number of methoxy groups -OCH3 is 1. The molecule has 104 valence electrons. The third kappa shape index (κ3) is 3.86. The summed E-state index contributed by atoms with van der Waals surface area (Å²) >= 11 is 6.03. The zero-order valence-electron chi connectivity index (χ0n) is 11.4. The van der Waals surface area contributed by atoms with Gasteiger partial charge in [0.25, 0.3) is 5.91 Å². The first kappa shape index (κ1) is 15.3. The average molecular weight is 285 g/mol. The van der Waals surface area contributed by atoms with E-state index in [0.29, 0.717) is 16.3 Å². The molecule has 19 heavy (non-hydrogen) atoms. The van der Waals surface area contributed by atoms with E-state index in [1.807, 2.05) is 0 Å². The zero-order valence-corrected chi connectivity index (χ0v) is 12.1. The van der Waals surface area contributed by atoms with Gasteiger partial charge in [-0.2, -0.15) is 0 Å². The lowest BCUT2D eigenvalue weighted by Crippen LogP contribution is -2.27. The second-order valence-corrected chi connectivity index (χ2v) is 4.69. The lowest BCUT2D eigenvalue weighted by Gasteiger charge is -2.16. The molecule has 1 unspecified atom stereocenters. The minimum atomic E-state index is -0.549. The molecule has 0 saturated carbocycles. The van der Waals surface area contributed by atoms with Crippen LogP contribution in [0.25, 0.3) is 0 Å². The van der Waals surface area contributed by atoms with E-state index >= 15 is 0 Å². The van der Waals surface area contributed by atoms with Crippen LogP contribution in [0.1, 0.15) is 17.3 Å². The number of anilines is 1. The maximum Gasteiger partial charge on any atom is 0.327 e. The molecule has 0 fully saturated rings. The Morgan fingerprint density at radius 3 is 2.53 bits per heavy atom. The molecule has 1 atom stereocenters. The van der Waals surface area contributed by atoms with Gasteiger partial charge >= 0.3 is 5.97 Å². The third-order valence-corrected chi connectivity index (χ3v) is 2.88. The summed E-state index contributed by atoms with van der Waals surface area (Å²) < 4.78 is 4.62. The van der Waals surface area contributed by atoms with Gasteiger partial charge in [0.1, 0.15) is 6.04 Å². The van der Waals surface area contributed by atoms with Gasteiger partial charge in [-0.15, -0.1) is 0 Å². The molecule has 1 aromatic rings. The van der Waals surface area contributed by atoms with Crippen molar-refractivity contribution >= 4 is 29.2 Å². The lowest BCUT2D eigenvalue weighted by atomic mass is 10.1. The number of carbonyl (C=O) groups is 2. The summed E-state index contributed by atoms with van der Waals surface area (Å²) in [5, 5.41) is 3.35. The number of nitrogens with one attached hydrogen (secondary N) is 1. The van der Waals surface area contributed by atoms with Crippen LogP contribution >= 0.6 is 11.6 Å². The van der Waals surface area contributed by atoms with Crippen LogP contribution in [0.5, 0.6) is 0 Å². The molecule has 0 heterocycles. The van der Waals surface area contributed by atoms with Crippen molar-refractivity contribution < 1.29 is 14.3 Å². The molecule has 0 aliphatic carbocycles. The number of carbonyl (C=O) groups excluding carboxylic acids is 2. The molecule has 6 heteroatoms. The van der Waals surface area contributed by atoms with E-state index in [9.17, 15) is 9.59 Å². The van der Waals surface area contributed by atoms with Crippen LogP contribution in [0, 0.1) is 0 Å². The molecular formula is C13H17ClN2O3. The van der Waals surface area contributed by atoms with Crippen molar-refractivity contribution in [2.24, 2.45) is 0 Å². The number of amides is 1. The van der Waals surface area contributed by atoms with Gasteiger partial charge in [0, 0.05) is 19.7 Å². The molecular weight excluding hydrogens is 268 g/mol. The minimum absolute atomic E-state index is 0.134. The van der Waals surface area contributed by atoms with Gasteiger partial charge in [0.2, 0.25) is 0 Å². The van der Waals surface area contributed by atoms with Crippen LogP contribution in [0.3, 0.4) is 0 Å². The van der Waals surface area contributed by atoms with Crippen LogP contribution in [-0.4, -0.2) is 44.0 Å². The standard InChI is InChI=1S/C13H17ClN2O3/c1-8(13(18)19-4)15-11-7-9(5-6-10(11)14)12(17)16(2)3/h5-8,15H,1-4H3. The molecule has 1 N–H and O–H groups in total. The summed E-state index contributed by atoms with van der Waals surface area (Å²) in [5.74, 6) is -0.536. The Labute approximate surface area is 117 Å². The number of benzene rings is 1. The van der Waals surface area contributed by atoms with Gasteiger partial charge in [0.05, 0.1) is 17.8 Å². The Kier molecular flexibility index (Phi) is 5.18. The van der Waals surface area contributed by atoms with Gasteiger partial charge in [0.15, 0.2) is 0 Å². The highest BCUT2D eigenvalue weighted by molar-refractivity contribution is 6.33. The van der Waals surface area contributed by atoms with Crippen LogP contribution in [0.2, 0.25) is 5.02 Å². The Morgan fingerprint density at radius 1 is 1.37 bits per heavy atom. The third-order valence-electron chi connectivity index (χ3n) is 2.55. The highest BCUT2D eigenvalue weighted by Gasteiger charge is 2.16. The van der Waals surface area contributed by atoms with Crippen molar-refractivity contribution in [3.05, 3.63) is 28.8 Å². The summed E-state index contributed by atoms with van der Waals surface area (Å²) in [5.41, 5.74) is 1.02. The van der Waals surface area contributed by atoms with Crippen LogP contribution in [0.15, 0.2) is 18.2 Å². The molecule has 0 aliphatic heterocycles. The molecule has 5 nitrogen and oxygen atoms in total. The van der Waals surface area contributed by atoms with Crippen molar-refractivity contribution in [2.45, 2.75) is 13.0 Å². The lowest BCUT2D eigenvalue weighted by molar-refractivity contribution is -0.141. The second kappa shape index (κ2) is 6.43. The number of nitrogens with zero attached hydrogens (tertiary/aromatic N) is 1. The number of hydrogen-bond acceptors (Lipinski definition) is 4. The van der Waals surface area contributed by atoms with E-state index in [-0.39, 0.29) is 5.91 Å². The van der Waals surface area contributed by atoms with E-state index in [0.717, 1.165) is 0 Å². The molecule has 0 radical (unpaired) electrons. The number of rotatable bonds is 4. The highest BCUT2D eigenvalue weighted by atomic mass is 35.5. The number of halogens is 1. The van der Waals surface area contributed by atoms with Gasteiger partial charge in [-0.05, 0) is 25.1 Å². The Balaban J connectivity index is 2.98. The van der Waals surface area contributed by atoms with Gasteiger partial charge < -0.3 is 15.0 Å². The Bertz CT molecular complexity index is 489. The number of esters is 1. The van der Waals surface area contributed by atoms with Crippen molar-refractivity contribution in [2.75, 3.05) is 26.5 Å². The summed E-state index contributed by atoms with van der Waals surface area (Å²) in [7, 11) is 4.65. The van der Waals surface area contributed by atoms with Gasteiger partial charge in [-0.25, -0.2) is 4.79 Å². The second-order valence-electron chi connectivity index (χ2n) is 4.28. The van der Waals surface area contributed by atoms with E-state index in [1.165, 1.54) is 12.0 Å². The highest BCUT2D eigenvalue weighted by Crippen LogP contribution is 2.24. The van der Waals surface area contributed by atoms with Crippen LogP contribution in [0.4, 0.5) is 5.69 Å². The molecule has 1 rings (SSSR count). The van der Waals surface area contributed by atoms with E-state index in [1.54, 1.807) is 39.2 Å². The number of hydrogen-bond donors (Lipinski definition) is 1. The van der Waals surface area contributed by atoms with Crippen LogP contribution in [-0.2, 0) is 9.53 Å². The molecule has 0 aliphatic rings. The molecule has 0 saturated heterocycles. The monoisotopic (exact) mass is 284 g/mol. The van der Waals surface area contributed by atoms with Crippen molar-refractivity contribution in [3.63, 3.8) is 0 Å². The first-order valence-electron chi connectivity index (χ1n) is 5.72. The summed E-state index contributed by atoms with van der Waals surface area (Å²) in [6, 6.07) is 4.32. The first-order valence-corrected chi connectivity index (χ1v) is 6.10. The average Bonchev–Trinajstić information content (AvgIpc) is 2.39. The maximum atomic E-state index is 11.8. The van der Waals surface area contributed by atoms with Crippen LogP contribution < -0.4 is 5.32 Å². The molecule has 1 amide bonds. The van der Waals surface area contributed by atoms with Gasteiger partial charge in [-0.1, -0.05) is 11.6 Å². The molecule has 0 spiro atoms. The van der Waals surface area contributed by atoms with E-state index in [4.69, 9.17) is 11.6 Å². The topological polar surface area (TPSA) is 58.6 Å². The predicted molar refractivity (Wildman–Crippen MR) is 74.6 cm³/mol. The van der Waals surface area contributed by atoms with E-state index < -0.39 is 12.0 Å². The Morgan fingerprint density at radius 2 is 2.00 bits per heavy atom. The van der Waals surface area contributed by atoms with Crippen molar-refractivity contribution in [1.82, 2.24) is 4.90 Å². The fourth-order valence-corrected chi connectivity index (χ4v) is 1.67. The normalized spacial score (nSPS) is 11.6. The summed E-state index contributed by atoms with van der Waals surface area (Å²) in [6.45, 7) is 1.66. The molecule has 0 bridgehead atoms. The zero-order chi connectivity index (χ0) is 14.6. The Hall–Kier alpha value is -1.75. The SMILES string of the molecule is COC(=O)C(C)Nc1cc(C(=O)N(C)C)ccc1Cl. The smallest absolute Gasteiger partial charge is 0.327 e. The fourth-order valence-electron chi connectivity index (χ4n) is 1.50. The molecule has 1 aromatic carbocycles. The van der Waals surface area contributed by atoms with Crippen molar-refractivity contribution in [3.8, 4) is 0 Å². The van der Waals surface area contributed by atoms with E-state index in [2.05, 4.69) is 10.1 Å². The predicted octanol–water partition coefficient (Wildman–Crippen LogP) is 2.02. The number of ether oxygens (including phenoxy) is 1. The van der Waals surface area contributed by atoms with Gasteiger partial charge in [-0.3, -0.25) is 4.79 Å². The fraction of sp³-hybridized carbons (Fsp3) is 0.385. The summed E-state index contributed by atoms with van der Waals surface area (Å²) in [6.07, 6.45) is 0. The minimum Gasteiger partial charge on any atom is -0.467 e. The first-order chi connectivity index (χ1) is 8.86. The maximum absolute atomic E-state index is 11.8. The molecule has 0 aromatic heterocycles. The largest absolute Gasteiger partial charge is 0.467 e. The summed E-state index contributed by atoms with van der Waals surface area (Å²) in [4.78, 5) is 24.7. The van der Waals surface area contributed by atoms with Crippen molar-refractivity contribution in [1.29, 1.82) is 0 Å². The quantitative estimate of drug-likeness (QED) is 0.860.